The van der Waals surface area contributed by atoms with Crippen LogP contribution in [0.3, 0.4) is 0 Å². The van der Waals surface area contributed by atoms with E-state index in [0.29, 0.717) is 38.5 Å². The predicted octanol–water partition coefficient (Wildman–Crippen LogP) is 3.52. The van der Waals surface area contributed by atoms with Crippen LogP contribution in [0.4, 0.5) is 0 Å². The van der Waals surface area contributed by atoms with Gasteiger partial charge in [0.25, 0.3) is 0 Å². The van der Waals surface area contributed by atoms with E-state index in [1.165, 1.54) is 11.1 Å². The van der Waals surface area contributed by atoms with Crippen molar-refractivity contribution < 1.29 is 14.3 Å². The SMILES string of the molecule is Cc1cccc(OCCCC(=O)NC[C@@H]2COc3ccccc3C2)c1. The van der Waals surface area contributed by atoms with Crippen LogP contribution in [0.15, 0.2) is 48.5 Å². The molecule has 1 heterocycles. The molecule has 0 aliphatic carbocycles. The zero-order chi connectivity index (χ0) is 17.5. The van der Waals surface area contributed by atoms with E-state index in [1.807, 2.05) is 49.4 Å². The molecule has 0 radical (unpaired) electrons. The molecule has 4 heteroatoms. The summed E-state index contributed by atoms with van der Waals surface area (Å²) in [5, 5.41) is 3.02. The predicted molar refractivity (Wildman–Crippen MR) is 98.0 cm³/mol. The van der Waals surface area contributed by atoms with Crippen LogP contribution in [0, 0.1) is 12.8 Å². The van der Waals surface area contributed by atoms with Crippen molar-refractivity contribution in [1.82, 2.24) is 5.32 Å². The lowest BCUT2D eigenvalue weighted by Gasteiger charge is -2.25. The fourth-order valence-electron chi connectivity index (χ4n) is 3.00. The Bertz CT molecular complexity index is 714. The second-order valence-electron chi connectivity index (χ2n) is 6.56. The number of fused-ring (bicyclic) bond motifs is 1. The molecule has 1 amide bonds. The molecule has 0 bridgehead atoms. The highest BCUT2D eigenvalue weighted by atomic mass is 16.5. The number of ether oxygens (including phenoxy) is 2. The molecule has 4 nitrogen and oxygen atoms in total. The first-order chi connectivity index (χ1) is 12.2. The molecule has 3 rings (SSSR count). The van der Waals surface area contributed by atoms with Crippen LogP contribution in [-0.4, -0.2) is 25.7 Å². The van der Waals surface area contributed by atoms with Gasteiger partial charge in [-0.3, -0.25) is 4.79 Å². The first-order valence-electron chi connectivity index (χ1n) is 8.87. The summed E-state index contributed by atoms with van der Waals surface area (Å²) in [4.78, 5) is 12.0. The Labute approximate surface area is 149 Å². The molecular formula is C21H25NO3. The molecule has 0 unspecified atom stereocenters. The van der Waals surface area contributed by atoms with Crippen molar-refractivity contribution in [3.63, 3.8) is 0 Å². The Balaban J connectivity index is 1.32. The number of carbonyl (C=O) groups excluding carboxylic acids is 1. The summed E-state index contributed by atoms with van der Waals surface area (Å²) < 4.78 is 11.4. The van der Waals surface area contributed by atoms with Gasteiger partial charge in [0.05, 0.1) is 13.2 Å². The van der Waals surface area contributed by atoms with Crippen LogP contribution < -0.4 is 14.8 Å². The number of nitrogens with one attached hydrogen (secondary N) is 1. The number of hydrogen-bond acceptors (Lipinski definition) is 3. The Kier molecular flexibility index (Phi) is 5.94. The lowest BCUT2D eigenvalue weighted by Crippen LogP contribution is -2.34. The number of amides is 1. The zero-order valence-corrected chi connectivity index (χ0v) is 14.7. The van der Waals surface area contributed by atoms with Crippen molar-refractivity contribution >= 4 is 5.91 Å². The summed E-state index contributed by atoms with van der Waals surface area (Å²) in [5.74, 6) is 2.24. The molecule has 1 aliphatic rings. The van der Waals surface area contributed by atoms with E-state index in [-0.39, 0.29) is 5.91 Å². The minimum atomic E-state index is 0.0756. The number of hydrogen-bond donors (Lipinski definition) is 1. The second-order valence-corrected chi connectivity index (χ2v) is 6.56. The highest BCUT2D eigenvalue weighted by molar-refractivity contribution is 5.75. The van der Waals surface area contributed by atoms with E-state index in [1.54, 1.807) is 0 Å². The van der Waals surface area contributed by atoms with Crippen molar-refractivity contribution in [3.05, 3.63) is 59.7 Å². The molecule has 25 heavy (non-hydrogen) atoms. The first-order valence-corrected chi connectivity index (χ1v) is 8.87. The highest BCUT2D eigenvalue weighted by Gasteiger charge is 2.19. The van der Waals surface area contributed by atoms with Crippen molar-refractivity contribution in [2.75, 3.05) is 19.8 Å². The van der Waals surface area contributed by atoms with E-state index in [9.17, 15) is 4.79 Å². The van der Waals surface area contributed by atoms with Crippen LogP contribution >= 0.6 is 0 Å². The van der Waals surface area contributed by atoms with Gasteiger partial charge in [-0.25, -0.2) is 0 Å². The molecule has 2 aromatic carbocycles. The van der Waals surface area contributed by atoms with Gasteiger partial charge >= 0.3 is 0 Å². The third-order valence-corrected chi connectivity index (χ3v) is 4.35. The topological polar surface area (TPSA) is 47.6 Å². The number of carbonyl (C=O) groups is 1. The van der Waals surface area contributed by atoms with E-state index < -0.39 is 0 Å². The summed E-state index contributed by atoms with van der Waals surface area (Å²) in [6.07, 6.45) is 2.15. The quantitative estimate of drug-likeness (QED) is 0.785. The Hall–Kier alpha value is -2.49. The van der Waals surface area contributed by atoms with Crippen LogP contribution in [-0.2, 0) is 11.2 Å². The van der Waals surface area contributed by atoms with Gasteiger partial charge < -0.3 is 14.8 Å². The van der Waals surface area contributed by atoms with E-state index in [0.717, 1.165) is 17.9 Å². The molecule has 0 spiro atoms. The second kappa shape index (κ2) is 8.56. The monoisotopic (exact) mass is 339 g/mol. The molecule has 0 saturated heterocycles. The maximum atomic E-state index is 12.0. The molecule has 0 saturated carbocycles. The minimum Gasteiger partial charge on any atom is -0.494 e. The maximum Gasteiger partial charge on any atom is 0.220 e. The Morgan fingerprint density at radius 2 is 2.12 bits per heavy atom. The normalized spacial score (nSPS) is 15.8. The summed E-state index contributed by atoms with van der Waals surface area (Å²) in [6, 6.07) is 16.0. The molecule has 2 aromatic rings. The molecule has 132 valence electrons. The van der Waals surface area contributed by atoms with Crippen molar-refractivity contribution in [3.8, 4) is 11.5 Å². The average Bonchev–Trinajstić information content (AvgIpc) is 2.63. The van der Waals surface area contributed by atoms with Gasteiger partial charge in [-0.1, -0.05) is 30.3 Å². The lowest BCUT2D eigenvalue weighted by molar-refractivity contribution is -0.121. The summed E-state index contributed by atoms with van der Waals surface area (Å²) >= 11 is 0. The van der Waals surface area contributed by atoms with Crippen molar-refractivity contribution in [2.24, 2.45) is 5.92 Å². The minimum absolute atomic E-state index is 0.0756. The van der Waals surface area contributed by atoms with Gasteiger partial charge in [0.2, 0.25) is 5.91 Å². The van der Waals surface area contributed by atoms with Crippen LogP contribution in [0.1, 0.15) is 24.0 Å². The average molecular weight is 339 g/mol. The van der Waals surface area contributed by atoms with E-state index >= 15 is 0 Å². The van der Waals surface area contributed by atoms with Crippen LogP contribution in [0.25, 0.3) is 0 Å². The third kappa shape index (κ3) is 5.24. The number of aryl methyl sites for hydroxylation is 1. The van der Waals surface area contributed by atoms with Gasteiger partial charge in [0.15, 0.2) is 0 Å². The molecule has 1 N–H and O–H groups in total. The zero-order valence-electron chi connectivity index (χ0n) is 14.7. The number of para-hydroxylation sites is 1. The highest BCUT2D eigenvalue weighted by Crippen LogP contribution is 2.26. The molecule has 0 fully saturated rings. The summed E-state index contributed by atoms with van der Waals surface area (Å²) in [7, 11) is 0. The largest absolute Gasteiger partial charge is 0.494 e. The fraction of sp³-hybridized carbons (Fsp3) is 0.381. The fourth-order valence-corrected chi connectivity index (χ4v) is 3.00. The van der Waals surface area contributed by atoms with Gasteiger partial charge in [-0.15, -0.1) is 0 Å². The van der Waals surface area contributed by atoms with E-state index in [2.05, 4.69) is 11.4 Å². The molecule has 0 aromatic heterocycles. The van der Waals surface area contributed by atoms with Crippen LogP contribution in [0.2, 0.25) is 0 Å². The number of rotatable bonds is 7. The maximum absolute atomic E-state index is 12.0. The van der Waals surface area contributed by atoms with Gasteiger partial charge in [0.1, 0.15) is 11.5 Å². The Morgan fingerprint density at radius 3 is 3.00 bits per heavy atom. The third-order valence-electron chi connectivity index (χ3n) is 4.35. The van der Waals surface area contributed by atoms with Gasteiger partial charge in [-0.2, -0.15) is 0 Å². The Morgan fingerprint density at radius 1 is 1.24 bits per heavy atom. The van der Waals surface area contributed by atoms with Gasteiger partial charge in [-0.05, 0) is 49.1 Å². The summed E-state index contributed by atoms with van der Waals surface area (Å²) in [5.41, 5.74) is 2.39. The number of benzene rings is 2. The van der Waals surface area contributed by atoms with E-state index in [4.69, 9.17) is 9.47 Å². The van der Waals surface area contributed by atoms with Crippen molar-refractivity contribution in [1.29, 1.82) is 0 Å². The summed E-state index contributed by atoms with van der Waals surface area (Å²) in [6.45, 7) is 3.91. The van der Waals surface area contributed by atoms with Crippen molar-refractivity contribution in [2.45, 2.75) is 26.2 Å². The van der Waals surface area contributed by atoms with Crippen LogP contribution in [0.5, 0.6) is 11.5 Å². The van der Waals surface area contributed by atoms with Gasteiger partial charge in [0, 0.05) is 18.9 Å². The lowest BCUT2D eigenvalue weighted by atomic mass is 9.97. The molecular weight excluding hydrogens is 314 g/mol. The molecule has 1 atom stereocenters. The first kappa shape index (κ1) is 17.3. The standard InChI is InChI=1S/C21H25NO3/c1-16-6-4-8-19(12-16)24-11-5-10-21(23)22-14-17-13-18-7-2-3-9-20(18)25-15-17/h2-4,6-9,12,17H,5,10-11,13-15H2,1H3,(H,22,23)/t17-/m1/s1. The molecule has 1 aliphatic heterocycles. The smallest absolute Gasteiger partial charge is 0.220 e.